The molecule has 4 nitrogen and oxygen atoms in total. The van der Waals surface area contributed by atoms with Gasteiger partial charge in [-0.1, -0.05) is 12.8 Å². The predicted octanol–water partition coefficient (Wildman–Crippen LogP) is 1.56. The number of hydrogen-bond donors (Lipinski definition) is 2. The highest BCUT2D eigenvalue weighted by Gasteiger charge is 2.44. The zero-order valence-corrected chi connectivity index (χ0v) is 13.0. The van der Waals surface area contributed by atoms with Crippen molar-refractivity contribution in [1.29, 1.82) is 0 Å². The molecule has 0 aromatic carbocycles. The van der Waals surface area contributed by atoms with Crippen LogP contribution in [0.5, 0.6) is 0 Å². The summed E-state index contributed by atoms with van der Waals surface area (Å²) in [5.41, 5.74) is 0. The van der Waals surface area contributed by atoms with Gasteiger partial charge in [-0.2, -0.15) is 10.2 Å². The number of alkyl halides is 2. The summed E-state index contributed by atoms with van der Waals surface area (Å²) in [6.07, 6.45) is 4.89. The lowest BCUT2D eigenvalue weighted by atomic mass is 9.85. The van der Waals surface area contributed by atoms with Gasteiger partial charge in [0.1, 0.15) is 0 Å². The maximum absolute atomic E-state index is 13.0. The Bertz CT molecular complexity index is 269. The van der Waals surface area contributed by atoms with E-state index in [-0.39, 0.29) is 0 Å². The van der Waals surface area contributed by atoms with Crippen LogP contribution in [0.4, 0.5) is 0 Å². The van der Waals surface area contributed by atoms with Crippen LogP contribution in [0.15, 0.2) is 0 Å². The van der Waals surface area contributed by atoms with Crippen LogP contribution in [0.3, 0.4) is 0 Å². The second-order valence-corrected chi connectivity index (χ2v) is 8.10. The van der Waals surface area contributed by atoms with Crippen molar-refractivity contribution in [2.24, 2.45) is 5.92 Å². The largest absolute Gasteiger partial charge is 0.636 e. The normalized spacial score (nSPS) is 36.7. The Labute approximate surface area is 120 Å². The van der Waals surface area contributed by atoms with Crippen molar-refractivity contribution in [3.63, 3.8) is 0 Å². The Kier molecular flexibility index (Phi) is 5.95. The second kappa shape index (κ2) is 7.03. The quantitative estimate of drug-likeness (QED) is 0.597. The van der Waals surface area contributed by atoms with Gasteiger partial charge in [0.25, 0.3) is 0 Å². The lowest BCUT2D eigenvalue weighted by Crippen LogP contribution is -2.59. The maximum Gasteiger partial charge on any atom is 0.180 e. The first-order valence-corrected chi connectivity index (χ1v) is 9.43. The van der Waals surface area contributed by atoms with E-state index in [2.05, 4.69) is 10.2 Å². The Morgan fingerprint density at radius 3 is 2.50 bits per heavy atom. The van der Waals surface area contributed by atoms with E-state index in [0.29, 0.717) is 36.8 Å². The van der Waals surface area contributed by atoms with E-state index in [9.17, 15) is 4.89 Å². The smallest absolute Gasteiger partial charge is 0.180 e. The van der Waals surface area contributed by atoms with Crippen molar-refractivity contribution in [3.8, 4) is 0 Å². The molecule has 1 saturated heterocycles. The Balaban J connectivity index is 2.00. The molecule has 3 atom stereocenters. The third-order valence-corrected chi connectivity index (χ3v) is 6.73. The van der Waals surface area contributed by atoms with Crippen LogP contribution in [-0.4, -0.2) is 42.1 Å². The summed E-state index contributed by atoms with van der Waals surface area (Å²) in [6.45, 7) is 2.04. The van der Waals surface area contributed by atoms with E-state index >= 15 is 0 Å². The van der Waals surface area contributed by atoms with Crippen molar-refractivity contribution < 1.29 is 4.89 Å². The molecule has 0 aromatic rings. The summed E-state index contributed by atoms with van der Waals surface area (Å²) in [5, 5.41) is 6.57. The van der Waals surface area contributed by atoms with Crippen molar-refractivity contribution in [2.45, 2.75) is 31.7 Å². The molecule has 1 saturated carbocycles. The van der Waals surface area contributed by atoms with Gasteiger partial charge in [0.15, 0.2) is 7.94 Å². The Morgan fingerprint density at radius 2 is 1.83 bits per heavy atom. The molecule has 0 bridgehead atoms. The molecule has 0 aromatic heterocycles. The summed E-state index contributed by atoms with van der Waals surface area (Å²) in [7, 11) is -2.68. The predicted molar refractivity (Wildman–Crippen MR) is 76.8 cm³/mol. The van der Waals surface area contributed by atoms with Crippen LogP contribution < -0.4 is 15.1 Å². The van der Waals surface area contributed by atoms with Crippen molar-refractivity contribution in [1.82, 2.24) is 14.8 Å². The highest BCUT2D eigenvalue weighted by molar-refractivity contribution is 7.62. The van der Waals surface area contributed by atoms with Gasteiger partial charge < -0.3 is 4.89 Å². The molecule has 1 heterocycles. The molecule has 1 aliphatic carbocycles. The number of nitrogens with zero attached hydrogens (tertiary/aromatic N) is 1. The van der Waals surface area contributed by atoms with Gasteiger partial charge in [-0.05, 0) is 18.8 Å². The van der Waals surface area contributed by atoms with Gasteiger partial charge in [0, 0.05) is 37.4 Å². The average Bonchev–Trinajstić information content (AvgIpc) is 2.38. The van der Waals surface area contributed by atoms with Crippen molar-refractivity contribution in [2.75, 3.05) is 31.4 Å². The van der Waals surface area contributed by atoms with Crippen LogP contribution in [0.1, 0.15) is 25.7 Å². The number of halogens is 2. The van der Waals surface area contributed by atoms with Crippen molar-refractivity contribution >= 4 is 31.1 Å². The van der Waals surface area contributed by atoms with Crippen LogP contribution in [0.2, 0.25) is 0 Å². The summed E-state index contributed by atoms with van der Waals surface area (Å²) in [5.74, 6) is 1.56. The molecular formula is C11H22Cl2N3OP. The fourth-order valence-corrected chi connectivity index (χ4v) is 6.04. The van der Waals surface area contributed by atoms with Gasteiger partial charge >= 0.3 is 0 Å². The van der Waals surface area contributed by atoms with Crippen LogP contribution in [-0.2, 0) is 0 Å². The Hall–Kier alpha value is 0.850. The molecular weight excluding hydrogens is 292 g/mol. The minimum Gasteiger partial charge on any atom is -0.636 e. The van der Waals surface area contributed by atoms with E-state index in [0.717, 1.165) is 13.0 Å². The Morgan fingerprint density at radius 1 is 1.17 bits per heavy atom. The molecule has 2 N–H and O–H groups in total. The highest BCUT2D eigenvalue weighted by Crippen LogP contribution is 2.50. The topological polar surface area (TPSA) is 50.4 Å². The van der Waals surface area contributed by atoms with Gasteiger partial charge in [-0.25, -0.2) is 0 Å². The molecule has 0 radical (unpaired) electrons. The number of nitrogens with one attached hydrogen (secondary N) is 2. The van der Waals surface area contributed by atoms with Crippen molar-refractivity contribution in [3.05, 3.63) is 0 Å². The SMILES string of the molecule is [O-][P+]1(N(CCCl)CCCl)NC[C@H]2CCCC[C@@H]2N1. The minimum atomic E-state index is -2.68. The molecule has 1 unspecified atom stereocenters. The monoisotopic (exact) mass is 313 g/mol. The third kappa shape index (κ3) is 3.49. The minimum absolute atomic E-state index is 0.388. The molecule has 18 heavy (non-hydrogen) atoms. The molecule has 2 rings (SSSR count). The lowest BCUT2D eigenvalue weighted by molar-refractivity contribution is -0.192. The van der Waals surface area contributed by atoms with E-state index in [1.54, 1.807) is 0 Å². The number of hydrogen-bond acceptors (Lipinski definition) is 4. The molecule has 106 valence electrons. The summed E-state index contributed by atoms with van der Waals surface area (Å²) in [6, 6.07) is 0.388. The number of rotatable bonds is 5. The third-order valence-electron chi connectivity index (χ3n) is 3.90. The molecule has 2 aliphatic rings. The summed E-state index contributed by atoms with van der Waals surface area (Å²) >= 11 is 11.6. The van der Waals surface area contributed by atoms with E-state index in [1.807, 2.05) is 4.67 Å². The molecule has 2 fully saturated rings. The molecule has 0 amide bonds. The summed E-state index contributed by atoms with van der Waals surface area (Å²) in [4.78, 5) is 13.0. The highest BCUT2D eigenvalue weighted by atomic mass is 35.5. The fraction of sp³-hybridized carbons (Fsp3) is 1.00. The van der Waals surface area contributed by atoms with Gasteiger partial charge in [-0.3, -0.25) is 0 Å². The van der Waals surface area contributed by atoms with E-state index in [4.69, 9.17) is 23.2 Å². The molecule has 7 heteroatoms. The number of fused-ring (bicyclic) bond motifs is 1. The second-order valence-electron chi connectivity index (χ2n) is 5.05. The maximum atomic E-state index is 13.0. The first kappa shape index (κ1) is 15.2. The van der Waals surface area contributed by atoms with Crippen LogP contribution in [0, 0.1) is 5.92 Å². The molecule has 0 spiro atoms. The first-order chi connectivity index (χ1) is 8.69. The average molecular weight is 314 g/mol. The van der Waals surface area contributed by atoms with Gasteiger partial charge in [0.05, 0.1) is 0 Å². The summed E-state index contributed by atoms with van der Waals surface area (Å²) < 4.78 is 1.89. The van der Waals surface area contributed by atoms with Crippen LogP contribution >= 0.6 is 31.1 Å². The fourth-order valence-electron chi connectivity index (χ4n) is 2.90. The van der Waals surface area contributed by atoms with Gasteiger partial charge in [-0.15, -0.1) is 27.9 Å². The van der Waals surface area contributed by atoms with E-state index in [1.165, 1.54) is 19.3 Å². The molecule has 1 aliphatic heterocycles. The van der Waals surface area contributed by atoms with E-state index < -0.39 is 7.94 Å². The lowest BCUT2D eigenvalue weighted by Gasteiger charge is -2.48. The van der Waals surface area contributed by atoms with Gasteiger partial charge in [0.2, 0.25) is 0 Å². The van der Waals surface area contributed by atoms with Crippen LogP contribution in [0.25, 0.3) is 0 Å². The zero-order chi connectivity index (χ0) is 13.0. The standard InChI is InChI=1S/C11H22Cl2N3OP/c12-5-7-16(8-6-13)18(17)14-9-10-3-1-2-4-11(10)15-18/h10-11H,1-9H2,(H2,14,15,17)/t10-,11+,18?/m1/s1. The first-order valence-electron chi connectivity index (χ1n) is 6.70. The zero-order valence-electron chi connectivity index (χ0n) is 10.6.